The van der Waals surface area contributed by atoms with Crippen LogP contribution in [0.1, 0.15) is 34.1 Å². The second-order valence-electron chi connectivity index (χ2n) is 5.69. The summed E-state index contributed by atoms with van der Waals surface area (Å²) in [5.41, 5.74) is 0. The van der Waals surface area contributed by atoms with Gasteiger partial charge in [0.2, 0.25) is 0 Å². The van der Waals surface area contributed by atoms with E-state index in [2.05, 4.69) is 33.9 Å². The van der Waals surface area contributed by atoms with Crippen molar-refractivity contribution in [3.05, 3.63) is 0 Å². The van der Waals surface area contributed by atoms with Gasteiger partial charge in [-0.2, -0.15) is 0 Å². The Morgan fingerprint density at radius 1 is 1.35 bits per heavy atom. The molecule has 0 saturated carbocycles. The van der Waals surface area contributed by atoms with Gasteiger partial charge in [0.25, 0.3) is 0 Å². The molecule has 102 valence electrons. The topological polar surface area (TPSA) is 55.8 Å². The van der Waals surface area contributed by atoms with Gasteiger partial charge < -0.3 is 14.3 Å². The lowest BCUT2D eigenvalue weighted by Crippen LogP contribution is -2.45. The van der Waals surface area contributed by atoms with Gasteiger partial charge in [0.1, 0.15) is 0 Å². The molecule has 1 N–H and O–H groups in total. The summed E-state index contributed by atoms with van der Waals surface area (Å²) in [6.45, 7) is 12.5. The van der Waals surface area contributed by atoms with Crippen LogP contribution in [0.5, 0.6) is 0 Å². The van der Waals surface area contributed by atoms with Crippen LogP contribution in [0.25, 0.3) is 0 Å². The zero-order valence-corrected chi connectivity index (χ0v) is 12.9. The van der Waals surface area contributed by atoms with E-state index in [0.29, 0.717) is 6.61 Å². The van der Waals surface area contributed by atoms with Gasteiger partial charge >= 0.3 is 5.97 Å². The molecule has 0 spiro atoms. The molecule has 17 heavy (non-hydrogen) atoms. The second kappa shape index (κ2) is 6.52. The third-order valence-corrected chi connectivity index (χ3v) is 7.71. The number of carbonyl (C=O) groups excluding carboxylic acids is 1. The normalized spacial score (nSPS) is 14.5. The van der Waals surface area contributed by atoms with Crippen LogP contribution in [0.15, 0.2) is 0 Å². The molecule has 0 rings (SSSR count). The summed E-state index contributed by atoms with van der Waals surface area (Å²) >= 11 is 0. The number of carbonyl (C=O) groups is 1. The number of aliphatic hydroxyl groups excluding tert-OH is 1. The highest BCUT2D eigenvalue weighted by Crippen LogP contribution is 2.37. The van der Waals surface area contributed by atoms with Gasteiger partial charge in [-0.3, -0.25) is 4.79 Å². The molecule has 0 bridgehead atoms. The fourth-order valence-electron chi connectivity index (χ4n) is 1.14. The Hall–Kier alpha value is -0.393. The predicted octanol–water partition coefficient (Wildman–Crippen LogP) is 2.32. The molecule has 0 amide bonds. The maximum atomic E-state index is 11.3. The fraction of sp³-hybridized carbons (Fsp3) is 0.917. The van der Waals surface area contributed by atoms with Crippen molar-refractivity contribution in [2.24, 2.45) is 0 Å². The summed E-state index contributed by atoms with van der Waals surface area (Å²) in [4.78, 5) is 11.3. The molecule has 0 aliphatic heterocycles. The van der Waals surface area contributed by atoms with E-state index in [4.69, 9.17) is 9.16 Å². The van der Waals surface area contributed by atoms with Crippen LogP contribution >= 0.6 is 0 Å². The molecule has 0 saturated heterocycles. The largest absolute Gasteiger partial charge is 0.466 e. The van der Waals surface area contributed by atoms with Crippen LogP contribution in [-0.2, 0) is 14.0 Å². The van der Waals surface area contributed by atoms with Gasteiger partial charge in [-0.25, -0.2) is 0 Å². The first kappa shape index (κ1) is 16.6. The Bertz CT molecular complexity index is 245. The highest BCUT2D eigenvalue weighted by Gasteiger charge is 2.39. The van der Waals surface area contributed by atoms with Crippen molar-refractivity contribution in [2.45, 2.75) is 58.4 Å². The van der Waals surface area contributed by atoms with Gasteiger partial charge in [0, 0.05) is 0 Å². The predicted molar refractivity (Wildman–Crippen MR) is 70.4 cm³/mol. The average molecular weight is 262 g/mol. The first-order chi connectivity index (χ1) is 7.64. The first-order valence-corrected chi connectivity index (χ1v) is 8.99. The average Bonchev–Trinajstić information content (AvgIpc) is 2.14. The van der Waals surface area contributed by atoms with Gasteiger partial charge in [0.05, 0.1) is 25.7 Å². The molecule has 0 unspecified atom stereocenters. The van der Waals surface area contributed by atoms with Crippen molar-refractivity contribution >= 4 is 14.3 Å². The number of esters is 1. The van der Waals surface area contributed by atoms with E-state index in [0.717, 1.165) is 0 Å². The molecular weight excluding hydrogens is 236 g/mol. The minimum atomic E-state index is -1.95. The number of ether oxygens (including phenoxy) is 1. The SMILES string of the molecule is CCOC(=O)C[C@@H](CO)O[Si](C)(C)C(C)(C)C. The summed E-state index contributed by atoms with van der Waals surface area (Å²) in [5, 5.41) is 9.33. The Kier molecular flexibility index (Phi) is 6.36. The van der Waals surface area contributed by atoms with Crippen LogP contribution in [-0.4, -0.2) is 38.7 Å². The summed E-state index contributed by atoms with van der Waals surface area (Å²) in [6.07, 6.45) is -0.327. The molecule has 4 nitrogen and oxygen atoms in total. The van der Waals surface area contributed by atoms with E-state index >= 15 is 0 Å². The highest BCUT2D eigenvalue weighted by atomic mass is 28.4. The number of rotatable bonds is 6. The lowest BCUT2D eigenvalue weighted by atomic mass is 10.2. The Balaban J connectivity index is 4.45. The van der Waals surface area contributed by atoms with Crippen molar-refractivity contribution in [1.82, 2.24) is 0 Å². The maximum absolute atomic E-state index is 11.3. The van der Waals surface area contributed by atoms with E-state index in [1.807, 2.05) is 0 Å². The molecule has 0 aliphatic carbocycles. The monoisotopic (exact) mass is 262 g/mol. The standard InChI is InChI=1S/C12H26O4Si/c1-7-15-11(14)8-10(9-13)16-17(5,6)12(2,3)4/h10,13H,7-9H2,1-6H3/t10-/m0/s1. The van der Waals surface area contributed by atoms with Crippen LogP contribution in [0.2, 0.25) is 18.1 Å². The lowest BCUT2D eigenvalue weighted by Gasteiger charge is -2.38. The second-order valence-corrected chi connectivity index (χ2v) is 10.4. The smallest absolute Gasteiger partial charge is 0.308 e. The minimum absolute atomic E-state index is 0.0646. The van der Waals surface area contributed by atoms with Gasteiger partial charge in [-0.05, 0) is 25.1 Å². The third-order valence-electron chi connectivity index (χ3n) is 3.17. The fourth-order valence-corrected chi connectivity index (χ4v) is 2.49. The molecule has 0 radical (unpaired) electrons. The Morgan fingerprint density at radius 2 is 1.88 bits per heavy atom. The van der Waals surface area contributed by atoms with E-state index in [9.17, 15) is 9.90 Å². The van der Waals surface area contributed by atoms with Crippen LogP contribution in [0, 0.1) is 0 Å². The van der Waals surface area contributed by atoms with Gasteiger partial charge in [-0.15, -0.1) is 0 Å². The molecular formula is C12H26O4Si. The summed E-state index contributed by atoms with van der Waals surface area (Å²) in [5.74, 6) is -0.315. The molecule has 1 atom stereocenters. The molecule has 0 aromatic heterocycles. The molecule has 0 aromatic carbocycles. The highest BCUT2D eigenvalue weighted by molar-refractivity contribution is 6.74. The van der Waals surface area contributed by atoms with Crippen molar-refractivity contribution in [3.8, 4) is 0 Å². The quantitative estimate of drug-likeness (QED) is 0.589. The summed E-state index contributed by atoms with van der Waals surface area (Å²) < 4.78 is 10.8. The van der Waals surface area contributed by atoms with E-state index < -0.39 is 14.4 Å². The van der Waals surface area contributed by atoms with E-state index in [-0.39, 0.29) is 24.0 Å². The molecule has 0 aromatic rings. The van der Waals surface area contributed by atoms with Crippen molar-refractivity contribution in [1.29, 1.82) is 0 Å². The summed E-state index contributed by atoms with van der Waals surface area (Å²) in [7, 11) is -1.95. The molecule has 5 heteroatoms. The van der Waals surface area contributed by atoms with Crippen molar-refractivity contribution in [3.63, 3.8) is 0 Å². The van der Waals surface area contributed by atoms with Crippen molar-refractivity contribution < 1.29 is 19.1 Å². The molecule has 0 aliphatic rings. The Morgan fingerprint density at radius 3 is 2.24 bits per heavy atom. The Labute approximate surface area is 105 Å². The lowest BCUT2D eigenvalue weighted by molar-refractivity contribution is -0.145. The van der Waals surface area contributed by atoms with E-state index in [1.54, 1.807) is 6.92 Å². The minimum Gasteiger partial charge on any atom is -0.466 e. The third kappa shape index (κ3) is 5.65. The van der Waals surface area contributed by atoms with Gasteiger partial charge in [-0.1, -0.05) is 20.8 Å². The van der Waals surface area contributed by atoms with Crippen LogP contribution in [0.3, 0.4) is 0 Å². The molecule has 0 heterocycles. The zero-order valence-electron chi connectivity index (χ0n) is 11.9. The van der Waals surface area contributed by atoms with Crippen LogP contribution < -0.4 is 0 Å². The van der Waals surface area contributed by atoms with Gasteiger partial charge in [0.15, 0.2) is 8.32 Å². The number of hydrogen-bond acceptors (Lipinski definition) is 4. The maximum Gasteiger partial charge on any atom is 0.308 e. The zero-order chi connectivity index (χ0) is 13.7. The number of aliphatic hydroxyl groups is 1. The first-order valence-electron chi connectivity index (χ1n) is 6.08. The molecule has 0 fully saturated rings. The summed E-state index contributed by atoms with van der Waals surface area (Å²) in [6, 6.07) is 0. The van der Waals surface area contributed by atoms with Crippen molar-refractivity contribution in [2.75, 3.05) is 13.2 Å². The number of hydrogen-bond donors (Lipinski definition) is 1. The van der Waals surface area contributed by atoms with Crippen LogP contribution in [0.4, 0.5) is 0 Å². The van der Waals surface area contributed by atoms with E-state index in [1.165, 1.54) is 0 Å².